The molecule has 9 heteroatoms. The molecule has 3 amide bonds. The summed E-state index contributed by atoms with van der Waals surface area (Å²) >= 11 is 7.98. The van der Waals surface area contributed by atoms with Gasteiger partial charge >= 0.3 is 6.03 Å². The molecule has 2 N–H and O–H groups in total. The molecule has 0 aliphatic heterocycles. The molecule has 2 rings (SSSR count). The molecular weight excluding hydrogens is 388 g/mol. The van der Waals surface area contributed by atoms with Crippen molar-refractivity contribution in [2.75, 3.05) is 12.3 Å². The minimum atomic E-state index is -0.464. The van der Waals surface area contributed by atoms with Crippen LogP contribution in [-0.2, 0) is 4.79 Å². The highest BCUT2D eigenvalue weighted by atomic mass is 32.2. The number of hydrogen-bond acceptors (Lipinski definition) is 6. The summed E-state index contributed by atoms with van der Waals surface area (Å²) in [6, 6.07) is 7.37. The first-order chi connectivity index (χ1) is 12.4. The lowest BCUT2D eigenvalue weighted by Gasteiger charge is -2.07. The van der Waals surface area contributed by atoms with Crippen molar-refractivity contribution < 1.29 is 9.59 Å². The Morgan fingerprint density at radius 3 is 2.77 bits per heavy atom. The lowest BCUT2D eigenvalue weighted by molar-refractivity contribution is -0.117. The van der Waals surface area contributed by atoms with Crippen LogP contribution in [0.25, 0.3) is 5.69 Å². The predicted octanol–water partition coefficient (Wildman–Crippen LogP) is 3.94. The van der Waals surface area contributed by atoms with Crippen LogP contribution in [0.15, 0.2) is 28.6 Å². The Balaban J connectivity index is 1.87. The number of carbonyl (C=O) groups is 2. The molecule has 0 saturated heterocycles. The van der Waals surface area contributed by atoms with Gasteiger partial charge in [0.2, 0.25) is 5.91 Å². The molecule has 0 atom stereocenters. The number of aryl methyl sites for hydroxylation is 1. The number of hydrogen-bond donors (Lipinski definition) is 2. The molecule has 26 heavy (non-hydrogen) atoms. The van der Waals surface area contributed by atoms with Crippen molar-refractivity contribution in [1.82, 2.24) is 20.4 Å². The van der Waals surface area contributed by atoms with Crippen LogP contribution in [0, 0.1) is 16.8 Å². The number of aromatic nitrogens is 2. The summed E-state index contributed by atoms with van der Waals surface area (Å²) in [5, 5.41) is 9.46. The minimum absolute atomic E-state index is 0.105. The van der Waals surface area contributed by atoms with E-state index in [9.17, 15) is 9.59 Å². The second-order valence-corrected chi connectivity index (χ2v) is 8.95. The van der Waals surface area contributed by atoms with Gasteiger partial charge in [-0.1, -0.05) is 55.1 Å². The van der Waals surface area contributed by atoms with E-state index >= 15 is 0 Å². The zero-order valence-corrected chi connectivity index (χ0v) is 17.4. The van der Waals surface area contributed by atoms with E-state index in [0.717, 1.165) is 17.7 Å². The van der Waals surface area contributed by atoms with Crippen LogP contribution in [0.4, 0.5) is 4.79 Å². The van der Waals surface area contributed by atoms with Gasteiger partial charge in [0, 0.05) is 6.54 Å². The number of benzene rings is 1. The van der Waals surface area contributed by atoms with Gasteiger partial charge in [-0.3, -0.25) is 10.1 Å². The summed E-state index contributed by atoms with van der Waals surface area (Å²) < 4.78 is 3.01. The lowest BCUT2D eigenvalue weighted by Crippen LogP contribution is -2.40. The number of amides is 3. The SMILES string of the molecule is Cc1ccccc1-n1nc(SCC(=O)NC(=O)NCCC(C)C)sc1=S. The quantitative estimate of drug-likeness (QED) is 0.534. The Hall–Kier alpha value is -1.71. The highest BCUT2D eigenvalue weighted by Crippen LogP contribution is 2.24. The lowest BCUT2D eigenvalue weighted by atomic mass is 10.1. The van der Waals surface area contributed by atoms with Crippen LogP contribution in [0.5, 0.6) is 0 Å². The number of urea groups is 1. The van der Waals surface area contributed by atoms with Crippen molar-refractivity contribution in [3.63, 3.8) is 0 Å². The second-order valence-electron chi connectivity index (χ2n) is 6.11. The van der Waals surface area contributed by atoms with Gasteiger partial charge in [0.25, 0.3) is 0 Å². The Bertz CT molecular complexity index is 829. The monoisotopic (exact) mass is 410 g/mol. The molecule has 0 aliphatic rings. The first-order valence-corrected chi connectivity index (χ1v) is 10.4. The zero-order valence-electron chi connectivity index (χ0n) is 14.9. The maximum atomic E-state index is 11.9. The molecule has 140 valence electrons. The van der Waals surface area contributed by atoms with Gasteiger partial charge in [-0.2, -0.15) is 0 Å². The molecule has 0 saturated carbocycles. The topological polar surface area (TPSA) is 76.0 Å². The molecule has 1 aromatic heterocycles. The average molecular weight is 411 g/mol. The van der Waals surface area contributed by atoms with Gasteiger partial charge in [0.15, 0.2) is 8.29 Å². The van der Waals surface area contributed by atoms with E-state index in [-0.39, 0.29) is 11.7 Å². The third-order valence-corrected chi connectivity index (χ3v) is 5.83. The molecule has 6 nitrogen and oxygen atoms in total. The average Bonchev–Trinajstić information content (AvgIpc) is 2.94. The third-order valence-electron chi connectivity index (χ3n) is 3.46. The number of nitrogens with zero attached hydrogens (tertiary/aromatic N) is 2. The summed E-state index contributed by atoms with van der Waals surface area (Å²) in [6.07, 6.45) is 0.871. The molecule has 0 unspecified atom stereocenters. The van der Waals surface area contributed by atoms with E-state index in [2.05, 4.69) is 29.6 Å². The second kappa shape index (κ2) is 9.84. The fourth-order valence-electron chi connectivity index (χ4n) is 2.08. The zero-order chi connectivity index (χ0) is 19.1. The molecule has 0 spiro atoms. The molecule has 2 aromatic rings. The van der Waals surface area contributed by atoms with Crippen LogP contribution in [0.1, 0.15) is 25.8 Å². The first-order valence-electron chi connectivity index (χ1n) is 8.23. The van der Waals surface area contributed by atoms with Crippen molar-refractivity contribution in [1.29, 1.82) is 0 Å². The number of nitrogens with one attached hydrogen (secondary N) is 2. The summed E-state index contributed by atoms with van der Waals surface area (Å²) in [6.45, 7) is 6.69. The van der Waals surface area contributed by atoms with E-state index in [1.165, 1.54) is 23.1 Å². The van der Waals surface area contributed by atoms with Crippen molar-refractivity contribution in [2.45, 2.75) is 31.5 Å². The molecular formula is C17H22N4O2S3. The molecule has 1 heterocycles. The normalized spacial score (nSPS) is 10.8. The minimum Gasteiger partial charge on any atom is -0.338 e. The van der Waals surface area contributed by atoms with Crippen molar-refractivity contribution >= 4 is 47.3 Å². The third kappa shape index (κ3) is 6.22. The van der Waals surface area contributed by atoms with Gasteiger partial charge in [-0.15, -0.1) is 5.10 Å². The maximum Gasteiger partial charge on any atom is 0.321 e. The summed E-state index contributed by atoms with van der Waals surface area (Å²) in [5.41, 5.74) is 2.00. The fraction of sp³-hybridized carbons (Fsp3) is 0.412. The van der Waals surface area contributed by atoms with Crippen LogP contribution in [0.2, 0.25) is 0 Å². The van der Waals surface area contributed by atoms with Crippen molar-refractivity contribution in [3.8, 4) is 5.69 Å². The summed E-state index contributed by atoms with van der Waals surface area (Å²) in [5.74, 6) is 0.243. The molecule has 1 aromatic carbocycles. The highest BCUT2D eigenvalue weighted by Gasteiger charge is 2.12. The van der Waals surface area contributed by atoms with E-state index in [1.807, 2.05) is 31.2 Å². The van der Waals surface area contributed by atoms with Crippen LogP contribution < -0.4 is 10.6 Å². The number of para-hydroxylation sites is 1. The van der Waals surface area contributed by atoms with Gasteiger partial charge in [0.05, 0.1) is 11.4 Å². The molecule has 0 aliphatic carbocycles. The van der Waals surface area contributed by atoms with Gasteiger partial charge in [0.1, 0.15) is 0 Å². The fourth-order valence-corrected chi connectivity index (χ4v) is 4.23. The summed E-state index contributed by atoms with van der Waals surface area (Å²) in [7, 11) is 0. The standard InChI is InChI=1S/C17H22N4O2S3/c1-11(2)8-9-18-15(23)19-14(22)10-25-16-20-21(17(24)26-16)13-7-5-4-6-12(13)3/h4-7,11H,8-10H2,1-3H3,(H2,18,19,22,23). The van der Waals surface area contributed by atoms with Gasteiger partial charge in [-0.05, 0) is 43.1 Å². The first kappa shape index (κ1) is 20.6. The summed E-state index contributed by atoms with van der Waals surface area (Å²) in [4.78, 5) is 23.5. The predicted molar refractivity (Wildman–Crippen MR) is 109 cm³/mol. The number of imide groups is 1. The van der Waals surface area contributed by atoms with Crippen LogP contribution in [0.3, 0.4) is 0 Å². The molecule has 0 radical (unpaired) electrons. The molecule has 0 bridgehead atoms. The van der Waals surface area contributed by atoms with Crippen molar-refractivity contribution in [2.24, 2.45) is 5.92 Å². The number of rotatable bonds is 7. The largest absolute Gasteiger partial charge is 0.338 e. The smallest absolute Gasteiger partial charge is 0.321 e. The Morgan fingerprint density at radius 2 is 2.08 bits per heavy atom. The van der Waals surface area contributed by atoms with Crippen molar-refractivity contribution in [3.05, 3.63) is 33.8 Å². The van der Waals surface area contributed by atoms with E-state index in [1.54, 1.807) is 4.68 Å². The van der Waals surface area contributed by atoms with Crippen LogP contribution in [-0.4, -0.2) is 34.0 Å². The number of carbonyl (C=O) groups excluding carboxylic acids is 2. The van der Waals surface area contributed by atoms with E-state index in [0.29, 0.717) is 20.8 Å². The van der Waals surface area contributed by atoms with E-state index in [4.69, 9.17) is 12.2 Å². The Labute approximate surface area is 166 Å². The van der Waals surface area contributed by atoms with Crippen LogP contribution >= 0.6 is 35.3 Å². The Morgan fingerprint density at radius 1 is 1.35 bits per heavy atom. The van der Waals surface area contributed by atoms with E-state index < -0.39 is 6.03 Å². The maximum absolute atomic E-state index is 11.9. The van der Waals surface area contributed by atoms with Gasteiger partial charge < -0.3 is 5.32 Å². The van der Waals surface area contributed by atoms with Gasteiger partial charge in [-0.25, -0.2) is 9.48 Å². The highest BCUT2D eigenvalue weighted by molar-refractivity contribution is 8.01. The number of thioether (sulfide) groups is 1. The Kier molecular flexibility index (Phi) is 7.80. The molecule has 0 fully saturated rings.